The number of rotatable bonds is 6. The molecule has 6 heteroatoms. The van der Waals surface area contributed by atoms with Gasteiger partial charge in [-0.15, -0.1) is 0 Å². The maximum absolute atomic E-state index is 11.8. The fourth-order valence-electron chi connectivity index (χ4n) is 4.07. The van der Waals surface area contributed by atoms with Crippen molar-refractivity contribution >= 4 is 5.82 Å². The summed E-state index contributed by atoms with van der Waals surface area (Å²) in [5, 5.41) is 3.49. The first kappa shape index (κ1) is 19.5. The first-order valence-corrected chi connectivity index (χ1v) is 9.98. The van der Waals surface area contributed by atoms with E-state index in [2.05, 4.69) is 45.9 Å². The molecule has 1 fully saturated rings. The number of nitrogens with one attached hydrogen (secondary N) is 2. The van der Waals surface area contributed by atoms with Crippen molar-refractivity contribution in [1.29, 1.82) is 0 Å². The zero-order valence-corrected chi connectivity index (χ0v) is 16.8. The molecule has 0 bridgehead atoms. The fraction of sp³-hybridized carbons (Fsp3) is 0.571. The predicted octanol–water partition coefficient (Wildman–Crippen LogP) is 3.17. The highest BCUT2D eigenvalue weighted by Crippen LogP contribution is 2.21. The summed E-state index contributed by atoms with van der Waals surface area (Å²) in [6, 6.07) is 5.76. The molecule has 27 heavy (non-hydrogen) atoms. The first-order valence-electron chi connectivity index (χ1n) is 9.98. The van der Waals surface area contributed by atoms with E-state index in [1.807, 2.05) is 19.1 Å². The number of pyridine rings is 1. The van der Waals surface area contributed by atoms with Crippen LogP contribution in [0.5, 0.6) is 0 Å². The largest absolute Gasteiger partial charge is 0.366 e. The minimum Gasteiger partial charge on any atom is -0.366 e. The van der Waals surface area contributed by atoms with Gasteiger partial charge < -0.3 is 15.2 Å². The molecule has 6 nitrogen and oxygen atoms in total. The van der Waals surface area contributed by atoms with Crippen LogP contribution < -0.4 is 10.9 Å². The molecule has 0 aromatic carbocycles. The second-order valence-corrected chi connectivity index (χ2v) is 8.08. The van der Waals surface area contributed by atoms with Crippen molar-refractivity contribution in [2.24, 2.45) is 11.8 Å². The van der Waals surface area contributed by atoms with Gasteiger partial charge >= 0.3 is 0 Å². The van der Waals surface area contributed by atoms with E-state index in [1.54, 1.807) is 6.20 Å². The molecule has 3 heterocycles. The smallest absolute Gasteiger partial charge is 0.251 e. The van der Waals surface area contributed by atoms with Crippen molar-refractivity contribution in [1.82, 2.24) is 19.9 Å². The van der Waals surface area contributed by atoms with Crippen molar-refractivity contribution in [3.8, 4) is 11.4 Å². The Morgan fingerprint density at radius 2 is 2.04 bits per heavy atom. The van der Waals surface area contributed by atoms with Crippen molar-refractivity contribution in [2.45, 2.75) is 46.6 Å². The molecular formula is C21H31N5O. The predicted molar refractivity (Wildman–Crippen MR) is 110 cm³/mol. The lowest BCUT2D eigenvalue weighted by Crippen LogP contribution is -2.43. The summed E-state index contributed by atoms with van der Waals surface area (Å²) in [6.45, 7) is 12.2. The molecule has 2 aromatic heterocycles. The van der Waals surface area contributed by atoms with Crippen LogP contribution in [0.4, 0.5) is 5.82 Å². The van der Waals surface area contributed by atoms with E-state index in [0.29, 0.717) is 11.9 Å². The molecule has 1 saturated heterocycles. The lowest BCUT2D eigenvalue weighted by Gasteiger charge is -2.36. The Morgan fingerprint density at radius 3 is 2.67 bits per heavy atom. The van der Waals surface area contributed by atoms with Crippen LogP contribution in [0.15, 0.2) is 29.2 Å². The zero-order chi connectivity index (χ0) is 19.4. The van der Waals surface area contributed by atoms with Gasteiger partial charge in [-0.25, -0.2) is 9.97 Å². The number of aromatic amines is 1. The Kier molecular flexibility index (Phi) is 6.26. The third kappa shape index (κ3) is 5.39. The minimum absolute atomic E-state index is 0.127. The van der Waals surface area contributed by atoms with E-state index in [9.17, 15) is 4.79 Å². The van der Waals surface area contributed by atoms with E-state index in [0.717, 1.165) is 41.9 Å². The Hall–Kier alpha value is -2.21. The third-order valence-corrected chi connectivity index (χ3v) is 5.06. The molecule has 1 aliphatic rings. The van der Waals surface area contributed by atoms with Crippen LogP contribution in [0.25, 0.3) is 11.4 Å². The molecule has 3 atom stereocenters. The minimum atomic E-state index is -0.127. The highest BCUT2D eigenvalue weighted by Gasteiger charge is 2.22. The Labute approximate surface area is 161 Å². The van der Waals surface area contributed by atoms with Gasteiger partial charge in [-0.2, -0.15) is 0 Å². The van der Waals surface area contributed by atoms with E-state index >= 15 is 0 Å². The Balaban J connectivity index is 1.62. The molecule has 2 N–H and O–H groups in total. The SMILES string of the molecule is CCc1cc(=O)[nH]c(-c2ccc(NC(C)CN3CC(C)CC(C)C3)nc2)n1. The number of nitrogens with zero attached hydrogens (tertiary/aromatic N) is 3. The van der Waals surface area contributed by atoms with E-state index in [4.69, 9.17) is 0 Å². The summed E-state index contributed by atoms with van der Waals surface area (Å²) in [7, 11) is 0. The van der Waals surface area contributed by atoms with Crippen LogP contribution in [0, 0.1) is 11.8 Å². The third-order valence-electron chi connectivity index (χ3n) is 5.06. The molecule has 0 radical (unpaired) electrons. The number of H-pyrrole nitrogens is 1. The Morgan fingerprint density at radius 1 is 1.30 bits per heavy atom. The number of piperidine rings is 1. The molecule has 1 aliphatic heterocycles. The maximum atomic E-state index is 11.8. The summed E-state index contributed by atoms with van der Waals surface area (Å²) in [5.74, 6) is 2.96. The van der Waals surface area contributed by atoms with Crippen molar-refractivity contribution in [3.05, 3.63) is 40.4 Å². The van der Waals surface area contributed by atoms with Gasteiger partial charge in [-0.3, -0.25) is 4.79 Å². The van der Waals surface area contributed by atoms with Crippen LogP contribution in [-0.2, 0) is 6.42 Å². The fourth-order valence-corrected chi connectivity index (χ4v) is 4.07. The van der Waals surface area contributed by atoms with Gasteiger partial charge in [-0.05, 0) is 43.7 Å². The number of anilines is 1. The summed E-state index contributed by atoms with van der Waals surface area (Å²) < 4.78 is 0. The highest BCUT2D eigenvalue weighted by molar-refractivity contribution is 5.56. The van der Waals surface area contributed by atoms with Gasteiger partial charge in [0.2, 0.25) is 0 Å². The van der Waals surface area contributed by atoms with Gasteiger partial charge in [0.1, 0.15) is 11.6 Å². The quantitative estimate of drug-likeness (QED) is 0.818. The van der Waals surface area contributed by atoms with Crippen LogP contribution >= 0.6 is 0 Å². The number of likely N-dealkylation sites (tertiary alicyclic amines) is 1. The Bertz CT molecular complexity index is 791. The van der Waals surface area contributed by atoms with Crippen LogP contribution in [0.1, 0.15) is 39.8 Å². The van der Waals surface area contributed by atoms with Crippen LogP contribution in [-0.4, -0.2) is 45.5 Å². The summed E-state index contributed by atoms with van der Waals surface area (Å²) in [4.78, 5) is 26.1. The molecule has 3 unspecified atom stereocenters. The van der Waals surface area contributed by atoms with Crippen molar-refractivity contribution < 1.29 is 0 Å². The highest BCUT2D eigenvalue weighted by atomic mass is 16.1. The molecule has 0 spiro atoms. The van der Waals surface area contributed by atoms with Gasteiger partial charge in [-0.1, -0.05) is 20.8 Å². The van der Waals surface area contributed by atoms with E-state index in [1.165, 1.54) is 25.6 Å². The topological polar surface area (TPSA) is 73.9 Å². The van der Waals surface area contributed by atoms with Gasteiger partial charge in [0.25, 0.3) is 5.56 Å². The number of aryl methyl sites for hydroxylation is 1. The van der Waals surface area contributed by atoms with Gasteiger partial charge in [0.05, 0.1) is 0 Å². The number of hydrogen-bond acceptors (Lipinski definition) is 5. The molecule has 0 saturated carbocycles. The molecule has 0 amide bonds. The summed E-state index contributed by atoms with van der Waals surface area (Å²) >= 11 is 0. The molecule has 3 rings (SSSR count). The second kappa shape index (κ2) is 8.65. The lowest BCUT2D eigenvalue weighted by molar-refractivity contribution is 0.138. The van der Waals surface area contributed by atoms with Crippen LogP contribution in [0.3, 0.4) is 0 Å². The number of aromatic nitrogens is 3. The normalized spacial score (nSPS) is 21.8. The van der Waals surface area contributed by atoms with Crippen LogP contribution in [0.2, 0.25) is 0 Å². The maximum Gasteiger partial charge on any atom is 0.251 e. The van der Waals surface area contributed by atoms with Gasteiger partial charge in [0.15, 0.2) is 0 Å². The second-order valence-electron chi connectivity index (χ2n) is 8.08. The van der Waals surface area contributed by atoms with E-state index in [-0.39, 0.29) is 5.56 Å². The molecule has 146 valence electrons. The average Bonchev–Trinajstić information content (AvgIpc) is 2.60. The first-order chi connectivity index (χ1) is 12.9. The van der Waals surface area contributed by atoms with Crippen molar-refractivity contribution in [3.63, 3.8) is 0 Å². The lowest BCUT2D eigenvalue weighted by atomic mass is 9.92. The average molecular weight is 370 g/mol. The van der Waals surface area contributed by atoms with Gasteiger partial charge in [0, 0.05) is 49.2 Å². The van der Waals surface area contributed by atoms with Crippen molar-refractivity contribution in [2.75, 3.05) is 25.0 Å². The molecular weight excluding hydrogens is 338 g/mol. The molecule has 0 aliphatic carbocycles. The van der Waals surface area contributed by atoms with E-state index < -0.39 is 0 Å². The standard InChI is InChI=1S/C21H31N5O/c1-5-18-9-20(27)25-21(24-18)17-6-7-19(22-10-17)23-16(4)13-26-11-14(2)8-15(3)12-26/h6-7,9-10,14-16H,5,8,11-13H2,1-4H3,(H,22,23)(H,24,25,27). The zero-order valence-electron chi connectivity index (χ0n) is 16.8. The number of hydrogen-bond donors (Lipinski definition) is 2. The summed E-state index contributed by atoms with van der Waals surface area (Å²) in [5.41, 5.74) is 1.48. The summed E-state index contributed by atoms with van der Waals surface area (Å²) in [6.07, 6.45) is 3.82. The molecule has 2 aromatic rings. The monoisotopic (exact) mass is 369 g/mol.